The number of hydrogen-bond donors (Lipinski definition) is 2. The minimum absolute atomic E-state index is 0.0428. The minimum atomic E-state index is -2.78. The third-order valence-corrected chi connectivity index (χ3v) is 2.19. The highest BCUT2D eigenvalue weighted by Gasteiger charge is 2.21. The average molecular weight is 246 g/mol. The molecule has 0 saturated heterocycles. The van der Waals surface area contributed by atoms with Crippen LogP contribution in [0.1, 0.15) is 23.2 Å². The van der Waals surface area contributed by atoms with Crippen LogP contribution in [0.15, 0.2) is 6.20 Å². The summed E-state index contributed by atoms with van der Waals surface area (Å²) < 4.78 is 30.2. The average Bonchev–Trinajstić information content (AvgIpc) is 2.26. The molecule has 1 rings (SSSR count). The van der Waals surface area contributed by atoms with Crippen LogP contribution in [0.4, 0.5) is 8.78 Å². The summed E-state index contributed by atoms with van der Waals surface area (Å²) in [6.07, 6.45) is -2.05. The minimum Gasteiger partial charge on any atom is -0.496 e. The number of methoxy groups -OCH3 is 1. The third-order valence-electron chi connectivity index (χ3n) is 2.19. The second kappa shape index (κ2) is 5.53. The number of ether oxygens (including phenoxy) is 1. The highest BCUT2D eigenvalue weighted by Crippen LogP contribution is 2.30. The lowest BCUT2D eigenvalue weighted by molar-refractivity contribution is -0.136. The smallest absolute Gasteiger partial charge is 0.308 e. The van der Waals surface area contributed by atoms with E-state index in [-0.39, 0.29) is 29.8 Å². The van der Waals surface area contributed by atoms with E-state index in [1.165, 1.54) is 7.11 Å². The van der Waals surface area contributed by atoms with Crippen molar-refractivity contribution >= 4 is 5.97 Å². The van der Waals surface area contributed by atoms with Crippen LogP contribution < -0.4 is 10.5 Å². The molecule has 0 saturated carbocycles. The van der Waals surface area contributed by atoms with Gasteiger partial charge in [-0.15, -0.1) is 0 Å². The lowest BCUT2D eigenvalue weighted by Gasteiger charge is -2.14. The van der Waals surface area contributed by atoms with E-state index in [0.29, 0.717) is 0 Å². The molecule has 0 spiro atoms. The van der Waals surface area contributed by atoms with E-state index >= 15 is 0 Å². The van der Waals surface area contributed by atoms with E-state index in [1.807, 2.05) is 0 Å². The lowest BCUT2D eigenvalue weighted by Crippen LogP contribution is -2.11. The van der Waals surface area contributed by atoms with Crippen LogP contribution in [-0.4, -0.2) is 23.2 Å². The molecule has 1 aromatic rings. The molecule has 17 heavy (non-hydrogen) atoms. The Kier molecular flexibility index (Phi) is 4.33. The van der Waals surface area contributed by atoms with Gasteiger partial charge in [-0.3, -0.25) is 9.78 Å². The number of alkyl halides is 2. The van der Waals surface area contributed by atoms with Crippen LogP contribution in [0.5, 0.6) is 5.75 Å². The normalized spacial score (nSPS) is 10.6. The van der Waals surface area contributed by atoms with E-state index in [4.69, 9.17) is 15.6 Å². The van der Waals surface area contributed by atoms with Gasteiger partial charge in [-0.2, -0.15) is 0 Å². The highest BCUT2D eigenvalue weighted by atomic mass is 19.3. The number of aromatic nitrogens is 1. The molecule has 7 heteroatoms. The highest BCUT2D eigenvalue weighted by molar-refractivity contribution is 5.71. The number of halogens is 2. The summed E-state index contributed by atoms with van der Waals surface area (Å²) in [5.41, 5.74) is 5.16. The number of pyridine rings is 1. The van der Waals surface area contributed by atoms with Gasteiger partial charge in [0.1, 0.15) is 11.4 Å². The molecule has 1 heterocycles. The zero-order valence-electron chi connectivity index (χ0n) is 9.11. The predicted molar refractivity (Wildman–Crippen MR) is 55.0 cm³/mol. The largest absolute Gasteiger partial charge is 0.496 e. The lowest BCUT2D eigenvalue weighted by atomic mass is 10.1. The van der Waals surface area contributed by atoms with Crippen LogP contribution in [0.3, 0.4) is 0 Å². The summed E-state index contributed by atoms with van der Waals surface area (Å²) in [4.78, 5) is 14.1. The Bertz CT molecular complexity index is 424. The number of hydrogen-bond acceptors (Lipinski definition) is 4. The molecule has 0 aliphatic heterocycles. The van der Waals surface area contributed by atoms with Gasteiger partial charge in [-0.25, -0.2) is 8.78 Å². The van der Waals surface area contributed by atoms with Gasteiger partial charge in [0.25, 0.3) is 6.43 Å². The third kappa shape index (κ3) is 2.88. The monoisotopic (exact) mass is 246 g/mol. The van der Waals surface area contributed by atoms with Crippen molar-refractivity contribution in [2.75, 3.05) is 7.11 Å². The Morgan fingerprint density at radius 3 is 2.71 bits per heavy atom. The number of carboxylic acid groups (broad SMARTS) is 1. The molecule has 0 fully saturated rings. The van der Waals surface area contributed by atoms with E-state index in [0.717, 1.165) is 6.20 Å². The van der Waals surface area contributed by atoms with E-state index in [1.54, 1.807) is 0 Å². The molecule has 0 radical (unpaired) electrons. The molecule has 3 N–H and O–H groups in total. The summed E-state index contributed by atoms with van der Waals surface area (Å²) in [7, 11) is 1.27. The number of aliphatic carboxylic acids is 1. The first-order valence-corrected chi connectivity index (χ1v) is 4.75. The SMILES string of the molecule is COc1c(CC(=O)O)cnc(C(F)F)c1CN. The van der Waals surface area contributed by atoms with E-state index in [2.05, 4.69) is 4.98 Å². The maximum atomic E-state index is 12.6. The fourth-order valence-electron chi connectivity index (χ4n) is 1.52. The van der Waals surface area contributed by atoms with Crippen molar-refractivity contribution in [3.05, 3.63) is 23.0 Å². The van der Waals surface area contributed by atoms with Gasteiger partial charge in [0, 0.05) is 23.9 Å². The zero-order chi connectivity index (χ0) is 13.0. The second-order valence-corrected chi connectivity index (χ2v) is 3.26. The van der Waals surface area contributed by atoms with Crippen molar-refractivity contribution in [1.82, 2.24) is 4.98 Å². The maximum absolute atomic E-state index is 12.6. The molecular weight excluding hydrogens is 234 g/mol. The summed E-state index contributed by atoms with van der Waals surface area (Å²) in [6, 6.07) is 0. The Labute approximate surface area is 96.2 Å². The van der Waals surface area contributed by atoms with Crippen molar-refractivity contribution in [1.29, 1.82) is 0 Å². The van der Waals surface area contributed by atoms with Gasteiger partial charge < -0.3 is 15.6 Å². The molecule has 1 aromatic heterocycles. The van der Waals surface area contributed by atoms with E-state index < -0.39 is 18.1 Å². The van der Waals surface area contributed by atoms with Gasteiger partial charge in [0.05, 0.1) is 13.5 Å². The van der Waals surface area contributed by atoms with Crippen molar-refractivity contribution in [3.8, 4) is 5.75 Å². The molecule has 0 aliphatic rings. The summed E-state index contributed by atoms with van der Waals surface area (Å²) >= 11 is 0. The zero-order valence-corrected chi connectivity index (χ0v) is 9.11. The Balaban J connectivity index is 3.32. The van der Waals surface area contributed by atoms with Crippen molar-refractivity contribution in [2.24, 2.45) is 5.73 Å². The van der Waals surface area contributed by atoms with Crippen LogP contribution in [0.25, 0.3) is 0 Å². The summed E-state index contributed by atoms with van der Waals surface area (Å²) in [6.45, 7) is -0.191. The standard InChI is InChI=1S/C10H12F2N2O3/c1-17-9-5(2-7(15)16)4-14-8(10(11)12)6(9)3-13/h4,10H,2-3,13H2,1H3,(H,15,16). The summed E-state index contributed by atoms with van der Waals surface area (Å²) in [5, 5.41) is 8.67. The quantitative estimate of drug-likeness (QED) is 0.812. The topological polar surface area (TPSA) is 85.4 Å². The Hall–Kier alpha value is -1.76. The molecule has 94 valence electrons. The molecular formula is C10H12F2N2O3. The van der Waals surface area contributed by atoms with Crippen LogP contribution in [-0.2, 0) is 17.8 Å². The number of carboxylic acids is 1. The fraction of sp³-hybridized carbons (Fsp3) is 0.400. The van der Waals surface area contributed by atoms with Crippen molar-refractivity contribution in [3.63, 3.8) is 0 Å². The second-order valence-electron chi connectivity index (χ2n) is 3.26. The number of nitrogens with two attached hydrogens (primary N) is 1. The van der Waals surface area contributed by atoms with Crippen molar-refractivity contribution < 1.29 is 23.4 Å². The molecule has 0 amide bonds. The first-order chi connectivity index (χ1) is 8.01. The fourth-order valence-corrected chi connectivity index (χ4v) is 1.52. The first kappa shape index (κ1) is 13.3. The van der Waals surface area contributed by atoms with Crippen LogP contribution >= 0.6 is 0 Å². The van der Waals surface area contributed by atoms with Crippen LogP contribution in [0.2, 0.25) is 0 Å². The van der Waals surface area contributed by atoms with Gasteiger partial charge in [0.2, 0.25) is 0 Å². The molecule has 0 atom stereocenters. The predicted octanol–water partition coefficient (Wildman–Crippen LogP) is 1.11. The van der Waals surface area contributed by atoms with Gasteiger partial charge >= 0.3 is 5.97 Å². The van der Waals surface area contributed by atoms with Crippen molar-refractivity contribution in [2.45, 2.75) is 19.4 Å². The van der Waals surface area contributed by atoms with Crippen LogP contribution in [0, 0.1) is 0 Å². The first-order valence-electron chi connectivity index (χ1n) is 4.75. The molecule has 0 aromatic carbocycles. The maximum Gasteiger partial charge on any atom is 0.308 e. The number of carbonyl (C=O) groups is 1. The molecule has 0 unspecified atom stereocenters. The number of rotatable bonds is 5. The molecule has 5 nitrogen and oxygen atoms in total. The van der Waals surface area contributed by atoms with Gasteiger partial charge in [0.15, 0.2) is 0 Å². The number of nitrogens with zero attached hydrogens (tertiary/aromatic N) is 1. The van der Waals surface area contributed by atoms with E-state index in [9.17, 15) is 13.6 Å². The Morgan fingerprint density at radius 2 is 2.29 bits per heavy atom. The summed E-state index contributed by atoms with van der Waals surface area (Å²) in [5.74, 6) is -1.03. The van der Waals surface area contributed by atoms with Gasteiger partial charge in [-0.1, -0.05) is 0 Å². The molecule has 0 aliphatic carbocycles. The Morgan fingerprint density at radius 1 is 1.65 bits per heavy atom. The van der Waals surface area contributed by atoms with Gasteiger partial charge in [-0.05, 0) is 0 Å². The molecule has 0 bridgehead atoms.